The van der Waals surface area contributed by atoms with Gasteiger partial charge in [-0.05, 0) is 36.8 Å². The lowest BCUT2D eigenvalue weighted by Gasteiger charge is -2.24. The van der Waals surface area contributed by atoms with Gasteiger partial charge < -0.3 is 5.32 Å². The van der Waals surface area contributed by atoms with Crippen molar-refractivity contribution >= 4 is 16.5 Å². The molecule has 3 nitrogen and oxygen atoms in total. The second-order valence-electron chi connectivity index (χ2n) is 4.71. The molecule has 1 unspecified atom stereocenters. The highest BCUT2D eigenvalue weighted by Gasteiger charge is 2.19. The summed E-state index contributed by atoms with van der Waals surface area (Å²) in [5.74, 6) is 0. The summed E-state index contributed by atoms with van der Waals surface area (Å²) in [7, 11) is 0. The van der Waals surface area contributed by atoms with E-state index >= 15 is 0 Å². The minimum Gasteiger partial charge on any atom is -0.357 e. The second kappa shape index (κ2) is 5.06. The van der Waals surface area contributed by atoms with Crippen LogP contribution in [0.2, 0.25) is 0 Å². The van der Waals surface area contributed by atoms with Crippen LogP contribution in [0.1, 0.15) is 29.5 Å². The lowest BCUT2D eigenvalue weighted by Crippen LogP contribution is -2.27. The highest BCUT2D eigenvalue weighted by atomic mass is 32.1. The minimum atomic E-state index is 0.498. The highest BCUT2D eigenvalue weighted by Crippen LogP contribution is 2.25. The van der Waals surface area contributed by atoms with Gasteiger partial charge in [-0.1, -0.05) is 42.5 Å². The fourth-order valence-corrected chi connectivity index (χ4v) is 3.21. The van der Waals surface area contributed by atoms with Crippen molar-refractivity contribution in [1.82, 2.24) is 10.2 Å². The van der Waals surface area contributed by atoms with Crippen LogP contribution in [0, 0.1) is 0 Å². The van der Waals surface area contributed by atoms with Crippen molar-refractivity contribution < 1.29 is 0 Å². The van der Waals surface area contributed by atoms with Gasteiger partial charge >= 0.3 is 0 Å². The van der Waals surface area contributed by atoms with Gasteiger partial charge in [-0.3, -0.25) is 0 Å². The summed E-state index contributed by atoms with van der Waals surface area (Å²) in [5.41, 5.74) is 2.98. The van der Waals surface area contributed by atoms with E-state index in [4.69, 9.17) is 0 Å². The zero-order valence-electron chi connectivity index (χ0n) is 10.5. The molecule has 0 bridgehead atoms. The van der Waals surface area contributed by atoms with Crippen LogP contribution in [0.25, 0.3) is 0 Å². The average Bonchev–Trinajstić information content (AvgIpc) is 2.86. The van der Waals surface area contributed by atoms with E-state index in [0.29, 0.717) is 6.04 Å². The summed E-state index contributed by atoms with van der Waals surface area (Å²) in [5, 5.41) is 13.9. The molecule has 0 saturated heterocycles. The van der Waals surface area contributed by atoms with E-state index in [2.05, 4.69) is 46.7 Å². The van der Waals surface area contributed by atoms with Crippen LogP contribution in [0.3, 0.4) is 0 Å². The van der Waals surface area contributed by atoms with Crippen LogP contribution in [-0.2, 0) is 19.3 Å². The van der Waals surface area contributed by atoms with Crippen molar-refractivity contribution in [2.24, 2.45) is 0 Å². The molecule has 0 amide bonds. The van der Waals surface area contributed by atoms with Gasteiger partial charge in [0.1, 0.15) is 5.01 Å². The summed E-state index contributed by atoms with van der Waals surface area (Å²) in [4.78, 5) is 0. The number of anilines is 1. The van der Waals surface area contributed by atoms with Gasteiger partial charge in [-0.15, -0.1) is 10.2 Å². The third-order valence-electron chi connectivity index (χ3n) is 3.44. The average molecular weight is 259 g/mol. The van der Waals surface area contributed by atoms with Crippen molar-refractivity contribution in [3.63, 3.8) is 0 Å². The van der Waals surface area contributed by atoms with E-state index in [1.54, 1.807) is 11.3 Å². The first kappa shape index (κ1) is 11.7. The molecule has 1 heterocycles. The monoisotopic (exact) mass is 259 g/mol. The van der Waals surface area contributed by atoms with Crippen LogP contribution in [0.4, 0.5) is 5.13 Å². The lowest BCUT2D eigenvalue weighted by molar-refractivity contribution is 0.609. The van der Waals surface area contributed by atoms with Gasteiger partial charge in [0.15, 0.2) is 0 Å². The minimum absolute atomic E-state index is 0.498. The van der Waals surface area contributed by atoms with E-state index in [0.717, 1.165) is 29.4 Å². The number of nitrogens with one attached hydrogen (secondary N) is 1. The molecule has 1 aromatic carbocycles. The van der Waals surface area contributed by atoms with Crippen LogP contribution in [0.15, 0.2) is 24.3 Å². The highest BCUT2D eigenvalue weighted by molar-refractivity contribution is 7.15. The Labute approximate surface area is 111 Å². The maximum absolute atomic E-state index is 4.19. The molecule has 1 atom stereocenters. The van der Waals surface area contributed by atoms with Crippen molar-refractivity contribution in [1.29, 1.82) is 0 Å². The second-order valence-corrected chi connectivity index (χ2v) is 5.77. The molecule has 0 fully saturated rings. The van der Waals surface area contributed by atoms with Crippen molar-refractivity contribution in [3.05, 3.63) is 40.4 Å². The van der Waals surface area contributed by atoms with Gasteiger partial charge in [-0.25, -0.2) is 0 Å². The van der Waals surface area contributed by atoms with Crippen molar-refractivity contribution in [2.75, 3.05) is 5.32 Å². The molecule has 1 aromatic heterocycles. The Hall–Kier alpha value is -1.42. The van der Waals surface area contributed by atoms with Gasteiger partial charge in [0, 0.05) is 6.04 Å². The number of nitrogens with zero attached hydrogens (tertiary/aromatic N) is 2. The van der Waals surface area contributed by atoms with E-state index in [1.807, 2.05) is 0 Å². The predicted octanol–water partition coefficient (Wildman–Crippen LogP) is 3.07. The Kier molecular flexibility index (Phi) is 3.28. The summed E-state index contributed by atoms with van der Waals surface area (Å²) in [6, 6.07) is 9.23. The Balaban J connectivity index is 1.69. The zero-order valence-corrected chi connectivity index (χ0v) is 11.3. The maximum atomic E-state index is 4.19. The molecule has 1 aliphatic rings. The molecule has 2 aromatic rings. The molecule has 0 saturated carbocycles. The van der Waals surface area contributed by atoms with Crippen LogP contribution < -0.4 is 5.32 Å². The summed E-state index contributed by atoms with van der Waals surface area (Å²) in [6.07, 6.45) is 4.40. The first-order valence-corrected chi connectivity index (χ1v) is 7.32. The largest absolute Gasteiger partial charge is 0.357 e. The first-order chi connectivity index (χ1) is 8.85. The quantitative estimate of drug-likeness (QED) is 0.920. The van der Waals surface area contributed by atoms with Gasteiger partial charge in [0.05, 0.1) is 0 Å². The molecule has 1 N–H and O–H groups in total. The third kappa shape index (κ3) is 2.38. The van der Waals surface area contributed by atoms with E-state index in [9.17, 15) is 0 Å². The fourth-order valence-electron chi connectivity index (χ4n) is 2.45. The van der Waals surface area contributed by atoms with Crippen LogP contribution >= 0.6 is 11.3 Å². The topological polar surface area (TPSA) is 37.8 Å². The number of rotatable bonds is 3. The number of aryl methyl sites for hydroxylation is 2. The van der Waals surface area contributed by atoms with Crippen molar-refractivity contribution in [3.8, 4) is 0 Å². The SMILES string of the molecule is CCc1nnc(NC2CCc3ccccc3C2)s1. The normalized spacial score (nSPS) is 18.4. The molecule has 0 spiro atoms. The molecular weight excluding hydrogens is 242 g/mol. The Morgan fingerprint density at radius 1 is 1.28 bits per heavy atom. The molecule has 94 valence electrons. The number of aromatic nitrogens is 2. The van der Waals surface area contributed by atoms with E-state index in [1.165, 1.54) is 17.5 Å². The first-order valence-electron chi connectivity index (χ1n) is 6.51. The van der Waals surface area contributed by atoms with Crippen molar-refractivity contribution in [2.45, 2.75) is 38.6 Å². The molecule has 0 aliphatic heterocycles. The number of benzene rings is 1. The zero-order chi connectivity index (χ0) is 12.4. The summed E-state index contributed by atoms with van der Waals surface area (Å²) < 4.78 is 0. The third-order valence-corrected chi connectivity index (χ3v) is 4.44. The molecule has 18 heavy (non-hydrogen) atoms. The van der Waals surface area contributed by atoms with E-state index in [-0.39, 0.29) is 0 Å². The lowest BCUT2D eigenvalue weighted by atomic mass is 9.88. The Morgan fingerprint density at radius 2 is 2.11 bits per heavy atom. The maximum Gasteiger partial charge on any atom is 0.205 e. The number of hydrogen-bond donors (Lipinski definition) is 1. The van der Waals surface area contributed by atoms with Gasteiger partial charge in [0.25, 0.3) is 0 Å². The Morgan fingerprint density at radius 3 is 2.89 bits per heavy atom. The molecule has 4 heteroatoms. The Bertz CT molecular complexity index is 535. The van der Waals surface area contributed by atoms with Gasteiger partial charge in [0.2, 0.25) is 5.13 Å². The molecule has 1 aliphatic carbocycles. The summed E-state index contributed by atoms with van der Waals surface area (Å²) in [6.45, 7) is 2.11. The van der Waals surface area contributed by atoms with Crippen LogP contribution in [0.5, 0.6) is 0 Å². The molecule has 0 radical (unpaired) electrons. The standard InChI is InChI=1S/C14H17N3S/c1-2-13-16-17-14(18-13)15-12-8-7-10-5-3-4-6-11(10)9-12/h3-6,12H,2,7-9H2,1H3,(H,15,17). The smallest absolute Gasteiger partial charge is 0.205 e. The van der Waals surface area contributed by atoms with Gasteiger partial charge in [-0.2, -0.15) is 0 Å². The van der Waals surface area contributed by atoms with E-state index < -0.39 is 0 Å². The summed E-state index contributed by atoms with van der Waals surface area (Å²) >= 11 is 1.67. The van der Waals surface area contributed by atoms with Crippen LogP contribution in [-0.4, -0.2) is 16.2 Å². The molecular formula is C14H17N3S. The molecule has 3 rings (SSSR count). The number of fused-ring (bicyclic) bond motifs is 1. The fraction of sp³-hybridized carbons (Fsp3) is 0.429. The number of hydrogen-bond acceptors (Lipinski definition) is 4. The predicted molar refractivity (Wildman–Crippen MR) is 75.2 cm³/mol.